The molecule has 1 amide bonds. The third-order valence-corrected chi connectivity index (χ3v) is 2.86. The summed E-state index contributed by atoms with van der Waals surface area (Å²) in [5.41, 5.74) is 0. The second-order valence-corrected chi connectivity index (χ2v) is 4.63. The number of nitrogens with zero attached hydrogens (tertiary/aromatic N) is 1. The highest BCUT2D eigenvalue weighted by Gasteiger charge is 2.10. The summed E-state index contributed by atoms with van der Waals surface area (Å²) in [6.07, 6.45) is 1.90. The largest absolute Gasteiger partial charge is 0.392 e. The molecule has 0 aliphatic carbocycles. The van der Waals surface area contributed by atoms with Gasteiger partial charge in [-0.3, -0.25) is 4.79 Å². The van der Waals surface area contributed by atoms with Crippen molar-refractivity contribution in [3.63, 3.8) is 0 Å². The lowest BCUT2D eigenvalue weighted by atomic mass is 10.4. The molecule has 0 saturated carbocycles. The molecule has 0 bridgehead atoms. The predicted octanol–water partition coefficient (Wildman–Crippen LogP) is 1.36. The fourth-order valence-corrected chi connectivity index (χ4v) is 2.05. The highest BCUT2D eigenvalue weighted by atomic mass is 32.2. The van der Waals surface area contributed by atoms with Crippen molar-refractivity contribution in [1.82, 2.24) is 4.90 Å². The molecular formula is C10H21NO2S. The Morgan fingerprint density at radius 2 is 2.21 bits per heavy atom. The maximum absolute atomic E-state index is 11.4. The Hall–Kier alpha value is -0.220. The Morgan fingerprint density at radius 1 is 1.57 bits per heavy atom. The molecule has 0 heterocycles. The number of amides is 1. The van der Waals surface area contributed by atoms with Crippen LogP contribution in [-0.4, -0.2) is 47.1 Å². The highest BCUT2D eigenvalue weighted by Crippen LogP contribution is 2.05. The van der Waals surface area contributed by atoms with Gasteiger partial charge in [-0.15, -0.1) is 0 Å². The van der Waals surface area contributed by atoms with Gasteiger partial charge < -0.3 is 10.0 Å². The summed E-state index contributed by atoms with van der Waals surface area (Å²) >= 11 is 1.67. The first kappa shape index (κ1) is 13.8. The summed E-state index contributed by atoms with van der Waals surface area (Å²) in [6, 6.07) is 0. The molecule has 0 fully saturated rings. The van der Waals surface area contributed by atoms with Gasteiger partial charge in [0.05, 0.1) is 11.9 Å². The molecule has 0 rings (SSSR count). The van der Waals surface area contributed by atoms with Crippen molar-refractivity contribution < 1.29 is 9.90 Å². The van der Waals surface area contributed by atoms with Crippen LogP contribution in [0.25, 0.3) is 0 Å². The lowest BCUT2D eigenvalue weighted by molar-refractivity contribution is -0.128. The van der Waals surface area contributed by atoms with Crippen LogP contribution < -0.4 is 0 Å². The van der Waals surface area contributed by atoms with Crippen LogP contribution in [0.3, 0.4) is 0 Å². The van der Waals surface area contributed by atoms with Crippen LogP contribution >= 0.6 is 11.8 Å². The number of hydrogen-bond donors (Lipinski definition) is 1. The molecule has 3 nitrogen and oxygen atoms in total. The molecule has 0 aliphatic heterocycles. The van der Waals surface area contributed by atoms with E-state index >= 15 is 0 Å². The van der Waals surface area contributed by atoms with Crippen molar-refractivity contribution in [1.29, 1.82) is 0 Å². The maximum Gasteiger partial charge on any atom is 0.232 e. The first-order valence-electron chi connectivity index (χ1n) is 5.07. The number of aliphatic hydroxyl groups excluding tert-OH is 1. The average Bonchev–Trinajstić information content (AvgIpc) is 2.11. The van der Waals surface area contributed by atoms with Crippen molar-refractivity contribution in [2.24, 2.45) is 0 Å². The van der Waals surface area contributed by atoms with Gasteiger partial charge in [-0.25, -0.2) is 0 Å². The second kappa shape index (κ2) is 8.12. The van der Waals surface area contributed by atoms with Gasteiger partial charge in [0.1, 0.15) is 0 Å². The van der Waals surface area contributed by atoms with Crippen molar-refractivity contribution in [3.05, 3.63) is 0 Å². The Labute approximate surface area is 90.9 Å². The van der Waals surface area contributed by atoms with E-state index in [1.54, 1.807) is 30.6 Å². The summed E-state index contributed by atoms with van der Waals surface area (Å²) in [4.78, 5) is 13.0. The minimum atomic E-state index is -0.440. The molecule has 1 atom stereocenters. The van der Waals surface area contributed by atoms with Crippen molar-refractivity contribution in [2.45, 2.75) is 32.8 Å². The summed E-state index contributed by atoms with van der Waals surface area (Å²) in [5, 5.41) is 9.08. The number of carbonyl (C=O) groups excluding carboxylic acids is 1. The second-order valence-electron chi connectivity index (χ2n) is 3.53. The molecule has 1 unspecified atom stereocenters. The first-order chi connectivity index (χ1) is 6.57. The molecule has 0 aliphatic rings. The van der Waals surface area contributed by atoms with Crippen molar-refractivity contribution in [2.75, 3.05) is 25.1 Å². The predicted molar refractivity (Wildman–Crippen MR) is 61.6 cm³/mol. The van der Waals surface area contributed by atoms with E-state index in [0.29, 0.717) is 12.3 Å². The van der Waals surface area contributed by atoms with Gasteiger partial charge in [0.25, 0.3) is 0 Å². The molecule has 14 heavy (non-hydrogen) atoms. The van der Waals surface area contributed by atoms with Crippen LogP contribution in [0.2, 0.25) is 0 Å². The average molecular weight is 219 g/mol. The van der Waals surface area contributed by atoms with Gasteiger partial charge in [-0.1, -0.05) is 13.3 Å². The molecular weight excluding hydrogens is 198 g/mol. The zero-order valence-electron chi connectivity index (χ0n) is 9.32. The Morgan fingerprint density at radius 3 is 2.71 bits per heavy atom. The van der Waals surface area contributed by atoms with E-state index in [-0.39, 0.29) is 5.91 Å². The van der Waals surface area contributed by atoms with E-state index in [1.165, 1.54) is 6.42 Å². The quantitative estimate of drug-likeness (QED) is 0.657. The van der Waals surface area contributed by atoms with Crippen LogP contribution in [-0.2, 0) is 4.79 Å². The lowest BCUT2D eigenvalue weighted by Crippen LogP contribution is -2.34. The zero-order valence-corrected chi connectivity index (χ0v) is 10.1. The van der Waals surface area contributed by atoms with Crippen molar-refractivity contribution in [3.8, 4) is 0 Å². The number of likely N-dealkylation sites (N-methyl/N-ethyl adjacent to an activating group) is 1. The number of unbranched alkanes of at least 4 members (excludes halogenated alkanes) is 1. The van der Waals surface area contributed by atoms with Gasteiger partial charge in [0.15, 0.2) is 0 Å². The van der Waals surface area contributed by atoms with Crippen LogP contribution in [0, 0.1) is 0 Å². The van der Waals surface area contributed by atoms with Crippen LogP contribution in [0.4, 0.5) is 0 Å². The molecule has 0 radical (unpaired) electrons. The maximum atomic E-state index is 11.4. The van der Waals surface area contributed by atoms with Crippen LogP contribution in [0.1, 0.15) is 26.7 Å². The van der Waals surface area contributed by atoms with Crippen molar-refractivity contribution >= 4 is 17.7 Å². The summed E-state index contributed by atoms with van der Waals surface area (Å²) < 4.78 is 0. The molecule has 4 heteroatoms. The zero-order chi connectivity index (χ0) is 11.0. The van der Waals surface area contributed by atoms with Gasteiger partial charge in [0, 0.05) is 13.6 Å². The highest BCUT2D eigenvalue weighted by molar-refractivity contribution is 7.99. The van der Waals surface area contributed by atoms with Gasteiger partial charge >= 0.3 is 0 Å². The smallest absolute Gasteiger partial charge is 0.232 e. The van der Waals surface area contributed by atoms with Gasteiger partial charge in [-0.2, -0.15) is 11.8 Å². The number of carbonyl (C=O) groups is 1. The summed E-state index contributed by atoms with van der Waals surface area (Å²) in [5.74, 6) is 1.68. The van der Waals surface area contributed by atoms with E-state index in [2.05, 4.69) is 6.92 Å². The molecule has 0 aromatic carbocycles. The van der Waals surface area contributed by atoms with E-state index in [0.717, 1.165) is 12.2 Å². The Bertz CT molecular complexity index is 162. The van der Waals surface area contributed by atoms with Gasteiger partial charge in [-0.05, 0) is 19.1 Å². The fraction of sp³-hybridized carbons (Fsp3) is 0.900. The minimum absolute atomic E-state index is 0.104. The molecule has 84 valence electrons. The molecule has 0 aromatic heterocycles. The molecule has 1 N–H and O–H groups in total. The Kier molecular flexibility index (Phi) is 7.99. The van der Waals surface area contributed by atoms with E-state index < -0.39 is 6.10 Å². The lowest BCUT2D eigenvalue weighted by Gasteiger charge is -2.18. The number of aliphatic hydroxyl groups is 1. The van der Waals surface area contributed by atoms with Crippen LogP contribution in [0.5, 0.6) is 0 Å². The minimum Gasteiger partial charge on any atom is -0.392 e. The number of hydrogen-bond acceptors (Lipinski definition) is 3. The fourth-order valence-electron chi connectivity index (χ4n) is 1.01. The van der Waals surface area contributed by atoms with Crippen LogP contribution in [0.15, 0.2) is 0 Å². The first-order valence-corrected chi connectivity index (χ1v) is 6.23. The Balaban J connectivity index is 3.52. The van der Waals surface area contributed by atoms with E-state index in [9.17, 15) is 4.79 Å². The normalized spacial score (nSPS) is 12.6. The SMILES string of the molecule is CCCCSCC(=O)N(C)CC(C)O. The number of rotatable bonds is 7. The third kappa shape index (κ3) is 7.21. The summed E-state index contributed by atoms with van der Waals surface area (Å²) in [6.45, 7) is 4.25. The molecule has 0 spiro atoms. The topological polar surface area (TPSA) is 40.5 Å². The van der Waals surface area contributed by atoms with Gasteiger partial charge in [0.2, 0.25) is 5.91 Å². The number of thioether (sulfide) groups is 1. The molecule has 0 saturated heterocycles. The molecule has 0 aromatic rings. The standard InChI is InChI=1S/C10H21NO2S/c1-4-5-6-14-8-10(13)11(3)7-9(2)12/h9,12H,4-8H2,1-3H3. The monoisotopic (exact) mass is 219 g/mol. The van der Waals surface area contributed by atoms with E-state index in [1.807, 2.05) is 0 Å². The van der Waals surface area contributed by atoms with E-state index in [4.69, 9.17) is 5.11 Å². The summed E-state index contributed by atoms with van der Waals surface area (Å²) in [7, 11) is 1.73. The third-order valence-electron chi connectivity index (χ3n) is 1.83.